The van der Waals surface area contributed by atoms with Crippen molar-refractivity contribution in [1.82, 2.24) is 15.5 Å². The number of benzene rings is 2. The van der Waals surface area contributed by atoms with E-state index in [1.54, 1.807) is 24.3 Å². The molecule has 28 heavy (non-hydrogen) atoms. The second kappa shape index (κ2) is 8.38. The molecule has 1 heterocycles. The normalized spacial score (nSPS) is 11.8. The van der Waals surface area contributed by atoms with Gasteiger partial charge in [-0.25, -0.2) is 8.78 Å². The van der Waals surface area contributed by atoms with Crippen LogP contribution in [0.2, 0.25) is 0 Å². The van der Waals surface area contributed by atoms with Crippen molar-refractivity contribution in [1.29, 1.82) is 0 Å². The molecule has 0 radical (unpaired) electrons. The smallest absolute Gasteiger partial charge is 0.305 e. The van der Waals surface area contributed by atoms with Gasteiger partial charge in [0.2, 0.25) is 0 Å². The molecule has 0 aliphatic heterocycles. The predicted octanol–water partition coefficient (Wildman–Crippen LogP) is 2.83. The van der Waals surface area contributed by atoms with E-state index in [0.717, 1.165) is 11.6 Å². The van der Waals surface area contributed by atoms with Crippen LogP contribution in [0.5, 0.6) is 0 Å². The topological polar surface area (TPSA) is 105 Å². The number of carbonyl (C=O) groups excluding carboxylic acids is 1. The van der Waals surface area contributed by atoms with Crippen LogP contribution < -0.4 is 5.32 Å². The molecule has 0 aliphatic carbocycles. The zero-order valence-corrected chi connectivity index (χ0v) is 14.4. The van der Waals surface area contributed by atoms with Crippen LogP contribution in [-0.2, 0) is 11.2 Å². The first-order chi connectivity index (χ1) is 13.4. The fourth-order valence-electron chi connectivity index (χ4n) is 2.63. The van der Waals surface area contributed by atoms with Crippen molar-refractivity contribution in [3.8, 4) is 11.5 Å². The molecule has 2 N–H and O–H groups in total. The van der Waals surface area contributed by atoms with Crippen molar-refractivity contribution in [2.75, 3.05) is 0 Å². The molecule has 1 atom stereocenters. The van der Waals surface area contributed by atoms with Gasteiger partial charge in [-0.3, -0.25) is 9.59 Å². The Morgan fingerprint density at radius 2 is 1.86 bits per heavy atom. The third kappa shape index (κ3) is 4.56. The molecule has 0 bridgehead atoms. The maximum atomic E-state index is 13.8. The minimum absolute atomic E-state index is 0.280. The van der Waals surface area contributed by atoms with Crippen molar-refractivity contribution in [3.63, 3.8) is 0 Å². The minimum Gasteiger partial charge on any atom is -0.481 e. The molecule has 2 aromatic carbocycles. The van der Waals surface area contributed by atoms with E-state index >= 15 is 0 Å². The van der Waals surface area contributed by atoms with E-state index in [9.17, 15) is 18.4 Å². The summed E-state index contributed by atoms with van der Waals surface area (Å²) in [5.74, 6) is -4.91. The first kappa shape index (κ1) is 19.2. The molecule has 144 valence electrons. The van der Waals surface area contributed by atoms with Gasteiger partial charge >= 0.3 is 5.97 Å². The fourth-order valence-corrected chi connectivity index (χ4v) is 2.63. The second-order valence-corrected chi connectivity index (χ2v) is 5.98. The second-order valence-electron chi connectivity index (χ2n) is 5.98. The summed E-state index contributed by atoms with van der Waals surface area (Å²) in [6, 6.07) is 11.7. The average Bonchev–Trinajstić information content (AvgIpc) is 3.14. The maximum absolute atomic E-state index is 13.8. The van der Waals surface area contributed by atoms with Crippen LogP contribution in [0.15, 0.2) is 53.1 Å². The molecule has 1 amide bonds. The number of carbonyl (C=O) groups is 2. The lowest BCUT2D eigenvalue weighted by Gasteiger charge is -2.15. The van der Waals surface area contributed by atoms with Crippen molar-refractivity contribution < 1.29 is 28.0 Å². The lowest BCUT2D eigenvalue weighted by atomic mass is 10.0. The lowest BCUT2D eigenvalue weighted by molar-refractivity contribution is -0.137. The number of nitrogens with one attached hydrogen (secondary N) is 1. The van der Waals surface area contributed by atoms with E-state index in [-0.39, 0.29) is 24.3 Å². The first-order valence-electron chi connectivity index (χ1n) is 8.28. The van der Waals surface area contributed by atoms with E-state index in [4.69, 9.17) is 9.63 Å². The summed E-state index contributed by atoms with van der Waals surface area (Å²) in [6.07, 6.45) is -0.0357. The number of aliphatic carboxylic acids is 1. The molecule has 3 rings (SSSR count). The van der Waals surface area contributed by atoms with Gasteiger partial charge in [0.15, 0.2) is 11.6 Å². The van der Waals surface area contributed by atoms with Crippen LogP contribution in [0.4, 0.5) is 8.78 Å². The molecule has 0 saturated heterocycles. The van der Waals surface area contributed by atoms with Gasteiger partial charge in [-0.2, -0.15) is 4.98 Å². The van der Waals surface area contributed by atoms with Gasteiger partial charge in [0.05, 0.1) is 12.0 Å². The largest absolute Gasteiger partial charge is 0.481 e. The van der Waals surface area contributed by atoms with Gasteiger partial charge < -0.3 is 14.9 Å². The lowest BCUT2D eigenvalue weighted by Crippen LogP contribution is -2.38. The molecule has 0 saturated carbocycles. The summed E-state index contributed by atoms with van der Waals surface area (Å²) in [6.45, 7) is 0. The van der Waals surface area contributed by atoms with Crippen LogP contribution in [-0.4, -0.2) is 33.2 Å². The SMILES string of the molecule is O=C(O)C[C@@H](Cc1ccccc1)NC(=O)c1noc(-c2cccc(F)c2F)n1. The molecule has 0 spiro atoms. The monoisotopic (exact) mass is 387 g/mol. The molecule has 0 unspecified atom stereocenters. The number of carboxylic acid groups (broad SMARTS) is 1. The van der Waals surface area contributed by atoms with Crippen LogP contribution >= 0.6 is 0 Å². The Morgan fingerprint density at radius 1 is 1.11 bits per heavy atom. The highest BCUT2D eigenvalue weighted by Crippen LogP contribution is 2.22. The highest BCUT2D eigenvalue weighted by atomic mass is 19.2. The predicted molar refractivity (Wildman–Crippen MR) is 93.3 cm³/mol. The standard InChI is InChI=1S/C19H15F2N3O4/c20-14-8-4-7-13(16(14)21)19-23-17(24-28-19)18(27)22-12(10-15(25)26)9-11-5-2-1-3-6-11/h1-8,12H,9-10H2,(H,22,27)(H,25,26)/t12-/m1/s1. The molecule has 9 heteroatoms. The van der Waals surface area contributed by atoms with Crippen LogP contribution in [0.3, 0.4) is 0 Å². The van der Waals surface area contributed by atoms with E-state index in [0.29, 0.717) is 0 Å². The van der Waals surface area contributed by atoms with Crippen molar-refractivity contribution in [2.45, 2.75) is 18.9 Å². The molecule has 0 fully saturated rings. The quantitative estimate of drug-likeness (QED) is 0.646. The Labute approximate surface area is 158 Å². The molecular formula is C19H15F2N3O4. The fraction of sp³-hybridized carbons (Fsp3) is 0.158. The number of amides is 1. The number of halogens is 2. The van der Waals surface area contributed by atoms with Crippen molar-refractivity contribution in [3.05, 3.63) is 71.6 Å². The molecule has 7 nitrogen and oxygen atoms in total. The number of aromatic nitrogens is 2. The molecule has 1 aromatic heterocycles. The number of carboxylic acids is 1. The Hall–Kier alpha value is -3.62. The average molecular weight is 387 g/mol. The first-order valence-corrected chi connectivity index (χ1v) is 8.28. The van der Waals surface area contributed by atoms with Crippen LogP contribution in [0.1, 0.15) is 22.6 Å². The number of nitrogens with zero attached hydrogens (tertiary/aromatic N) is 2. The van der Waals surface area contributed by atoms with Gasteiger partial charge in [-0.1, -0.05) is 41.6 Å². The van der Waals surface area contributed by atoms with Gasteiger partial charge in [-0.05, 0) is 24.1 Å². The van der Waals surface area contributed by atoms with Gasteiger partial charge in [0, 0.05) is 6.04 Å². The zero-order chi connectivity index (χ0) is 20.1. The van der Waals surface area contributed by atoms with Crippen LogP contribution in [0.25, 0.3) is 11.5 Å². The van der Waals surface area contributed by atoms with Crippen molar-refractivity contribution >= 4 is 11.9 Å². The Balaban J connectivity index is 1.76. The maximum Gasteiger partial charge on any atom is 0.305 e. The minimum atomic E-state index is -1.18. The Kier molecular flexibility index (Phi) is 5.73. The number of hydrogen-bond acceptors (Lipinski definition) is 5. The Bertz CT molecular complexity index is 992. The number of hydrogen-bond donors (Lipinski definition) is 2. The molecular weight excluding hydrogens is 372 g/mol. The number of rotatable bonds is 7. The van der Waals surface area contributed by atoms with E-state index in [2.05, 4.69) is 15.5 Å². The summed E-state index contributed by atoms with van der Waals surface area (Å²) in [5.41, 5.74) is 0.558. The molecule has 3 aromatic rings. The van der Waals surface area contributed by atoms with E-state index < -0.39 is 35.4 Å². The zero-order valence-electron chi connectivity index (χ0n) is 14.4. The van der Waals surface area contributed by atoms with Crippen LogP contribution in [0, 0.1) is 11.6 Å². The third-order valence-electron chi connectivity index (χ3n) is 3.89. The molecule has 0 aliphatic rings. The summed E-state index contributed by atoms with van der Waals surface area (Å²) in [5, 5.41) is 15.1. The summed E-state index contributed by atoms with van der Waals surface area (Å²) < 4.78 is 32.0. The highest BCUT2D eigenvalue weighted by Gasteiger charge is 2.23. The van der Waals surface area contributed by atoms with Crippen molar-refractivity contribution in [2.24, 2.45) is 0 Å². The summed E-state index contributed by atoms with van der Waals surface area (Å²) in [4.78, 5) is 27.2. The van der Waals surface area contributed by atoms with Gasteiger partial charge in [-0.15, -0.1) is 0 Å². The van der Waals surface area contributed by atoms with E-state index in [1.165, 1.54) is 12.1 Å². The highest BCUT2D eigenvalue weighted by molar-refractivity contribution is 5.91. The third-order valence-corrected chi connectivity index (χ3v) is 3.89. The summed E-state index contributed by atoms with van der Waals surface area (Å²) in [7, 11) is 0. The summed E-state index contributed by atoms with van der Waals surface area (Å²) >= 11 is 0. The van der Waals surface area contributed by atoms with Gasteiger partial charge in [0.1, 0.15) is 0 Å². The van der Waals surface area contributed by atoms with E-state index in [1.807, 2.05) is 6.07 Å². The van der Waals surface area contributed by atoms with Gasteiger partial charge in [0.25, 0.3) is 17.6 Å². The Morgan fingerprint density at radius 3 is 2.57 bits per heavy atom.